The third-order valence-corrected chi connectivity index (χ3v) is 8.81. The van der Waals surface area contributed by atoms with Crippen LogP contribution >= 0.6 is 0 Å². The van der Waals surface area contributed by atoms with Crippen LogP contribution in [0.15, 0.2) is 0 Å². The molecule has 0 aromatic heterocycles. The monoisotopic (exact) mass is 571 g/mol. The standard InChI is InChI=1S/C36H78N4/c1-8-13-18-23-36(37-26-24-34(6)21-19-32-39(28-14-9-2)29-15-10-3)38-27-25-35(7)22-20-33-40(30-16-11-4)31-17-12-5/h34-38H,8-33H2,1-7H3/i39+2,40+2. The Morgan fingerprint density at radius 3 is 1.10 bits per heavy atom. The first-order chi connectivity index (χ1) is 19.5. The van der Waals surface area contributed by atoms with Gasteiger partial charge < -0.3 is 20.4 Å². The normalized spacial score (nSPS) is 14.3. The molecule has 4 nitrogen and oxygen atoms in total. The predicted molar refractivity (Wildman–Crippen MR) is 182 cm³/mol. The average molecular weight is 571 g/mol. The zero-order valence-electron chi connectivity index (χ0n) is 29.0. The van der Waals surface area contributed by atoms with Crippen molar-refractivity contribution in [3.05, 3.63) is 0 Å². The van der Waals surface area contributed by atoms with Crippen LogP contribution in [0, 0.1) is 11.8 Å². The van der Waals surface area contributed by atoms with Crippen molar-refractivity contribution in [1.82, 2.24) is 20.4 Å². The summed E-state index contributed by atoms with van der Waals surface area (Å²) in [6, 6.07) is 0. The van der Waals surface area contributed by atoms with E-state index in [0.29, 0.717) is 6.17 Å². The van der Waals surface area contributed by atoms with Crippen LogP contribution in [0.2, 0.25) is 0 Å². The molecule has 0 fully saturated rings. The molecule has 0 heterocycles. The summed E-state index contributed by atoms with van der Waals surface area (Å²) in [6.07, 6.45) is 24.5. The van der Waals surface area contributed by atoms with Crippen LogP contribution in [-0.4, -0.2) is 68.3 Å². The van der Waals surface area contributed by atoms with E-state index in [0.717, 1.165) is 24.9 Å². The van der Waals surface area contributed by atoms with E-state index in [-0.39, 0.29) is 0 Å². The molecule has 0 radical (unpaired) electrons. The summed E-state index contributed by atoms with van der Waals surface area (Å²) in [6.45, 7) is 26.6. The van der Waals surface area contributed by atoms with Crippen molar-refractivity contribution in [3.8, 4) is 0 Å². The fourth-order valence-electron chi connectivity index (χ4n) is 5.70. The van der Waals surface area contributed by atoms with Crippen molar-refractivity contribution in [3.63, 3.8) is 0 Å². The third-order valence-electron chi connectivity index (χ3n) is 8.81. The number of hydrogen-bond donors (Lipinski definition) is 2. The number of nitrogens with one attached hydrogen (secondary N) is 2. The minimum absolute atomic E-state index is 0.489. The average Bonchev–Trinajstić information content (AvgIpc) is 2.95. The second kappa shape index (κ2) is 30.3. The smallest absolute Gasteiger partial charge is 0.0571 e. The molecule has 4 heteroatoms. The van der Waals surface area contributed by atoms with Crippen LogP contribution in [0.1, 0.15) is 164 Å². The van der Waals surface area contributed by atoms with E-state index >= 15 is 0 Å². The summed E-state index contributed by atoms with van der Waals surface area (Å²) >= 11 is 0. The summed E-state index contributed by atoms with van der Waals surface area (Å²) in [5.41, 5.74) is 0. The Bertz CT molecular complexity index is 431. The van der Waals surface area contributed by atoms with E-state index in [4.69, 9.17) is 0 Å². The summed E-state index contributed by atoms with van der Waals surface area (Å²) < 4.78 is 0. The number of nitrogens with zero attached hydrogens (tertiary/aromatic N) is 2. The van der Waals surface area contributed by atoms with Crippen LogP contribution in [-0.2, 0) is 0 Å². The second-order valence-electron chi connectivity index (χ2n) is 13.1. The first-order valence-corrected chi connectivity index (χ1v) is 18.4. The van der Waals surface area contributed by atoms with Crippen molar-refractivity contribution in [2.45, 2.75) is 170 Å². The molecule has 0 saturated carbocycles. The van der Waals surface area contributed by atoms with Gasteiger partial charge in [-0.25, -0.2) is 0 Å². The minimum Gasteiger partial charge on any atom is -0.303 e. The molecule has 0 aliphatic rings. The van der Waals surface area contributed by atoms with Crippen molar-refractivity contribution in [1.29, 1.82) is 0 Å². The lowest BCUT2D eigenvalue weighted by molar-refractivity contribution is 0.251. The summed E-state index contributed by atoms with van der Waals surface area (Å²) in [4.78, 5) is 5.45. The van der Waals surface area contributed by atoms with Gasteiger partial charge in [-0.2, -0.15) is 0 Å². The first-order valence-electron chi connectivity index (χ1n) is 18.4. The maximum Gasteiger partial charge on any atom is 0.0571 e. The molecular formula is C36H78N4. The Morgan fingerprint density at radius 2 is 0.750 bits per heavy atom. The zero-order chi connectivity index (χ0) is 29.7. The molecule has 0 rings (SSSR count). The van der Waals surface area contributed by atoms with E-state index in [1.54, 1.807) is 0 Å². The van der Waals surface area contributed by atoms with Gasteiger partial charge in [-0.3, -0.25) is 0 Å². The molecular weight excluding hydrogens is 492 g/mol. The number of unbranched alkanes of at least 4 members (excludes halogenated alkanes) is 6. The molecule has 0 aliphatic heterocycles. The molecule has 242 valence electrons. The minimum atomic E-state index is 0.489. The van der Waals surface area contributed by atoms with Crippen LogP contribution in [0.25, 0.3) is 0 Å². The van der Waals surface area contributed by atoms with Crippen molar-refractivity contribution >= 4 is 0 Å². The van der Waals surface area contributed by atoms with Crippen LogP contribution < -0.4 is 10.6 Å². The highest BCUT2D eigenvalue weighted by molar-refractivity contribution is 4.69. The topological polar surface area (TPSA) is 30.5 Å². The van der Waals surface area contributed by atoms with Gasteiger partial charge in [-0.05, 0) is 135 Å². The van der Waals surface area contributed by atoms with Crippen LogP contribution in [0.3, 0.4) is 0 Å². The molecule has 0 spiro atoms. The van der Waals surface area contributed by atoms with E-state index in [1.165, 1.54) is 155 Å². The van der Waals surface area contributed by atoms with E-state index in [2.05, 4.69) is 68.9 Å². The SMILES string of the molecule is CCCCCC(NCCC(C)CCC[16N](CCCC)CCCC)NCCC(C)CCC[16N](CCCC)CCCC. The Balaban J connectivity index is 4.28. The Kier molecular flexibility index (Phi) is 30.2. The fraction of sp³-hybridized carbons (Fsp3) is 1.00. The fourth-order valence-corrected chi connectivity index (χ4v) is 5.70. The van der Waals surface area contributed by atoms with Crippen LogP contribution in [0.4, 0.5) is 0 Å². The highest BCUT2D eigenvalue weighted by Crippen LogP contribution is 2.14. The van der Waals surface area contributed by atoms with Gasteiger partial charge in [0.25, 0.3) is 0 Å². The lowest BCUT2D eigenvalue weighted by atomic mass is 10.0. The van der Waals surface area contributed by atoms with Gasteiger partial charge in [-0.15, -0.1) is 0 Å². The predicted octanol–water partition coefficient (Wildman–Crippen LogP) is 9.49. The Hall–Kier alpha value is -0.160. The second-order valence-corrected chi connectivity index (χ2v) is 13.1. The van der Waals surface area contributed by atoms with Crippen molar-refractivity contribution in [2.24, 2.45) is 11.8 Å². The Labute approximate surface area is 254 Å². The molecule has 2 N–H and O–H groups in total. The first kappa shape index (κ1) is 39.8. The molecule has 0 aromatic rings. The molecule has 0 saturated heterocycles. The van der Waals surface area contributed by atoms with Gasteiger partial charge >= 0.3 is 0 Å². The summed E-state index contributed by atoms with van der Waals surface area (Å²) in [5.74, 6) is 1.63. The van der Waals surface area contributed by atoms with Crippen LogP contribution in [0.5, 0.6) is 0 Å². The van der Waals surface area contributed by atoms with E-state index < -0.39 is 0 Å². The zero-order valence-corrected chi connectivity index (χ0v) is 29.0. The summed E-state index contributed by atoms with van der Waals surface area (Å²) in [5, 5.41) is 7.81. The molecule has 0 aromatic carbocycles. The number of hydrogen-bond acceptors (Lipinski definition) is 4. The maximum atomic E-state index is 3.91. The summed E-state index contributed by atoms with van der Waals surface area (Å²) in [7, 11) is 0. The van der Waals surface area contributed by atoms with Crippen molar-refractivity contribution in [2.75, 3.05) is 52.4 Å². The largest absolute Gasteiger partial charge is 0.303 e. The lowest BCUT2D eigenvalue weighted by Gasteiger charge is -2.24. The third kappa shape index (κ3) is 25.5. The lowest BCUT2D eigenvalue weighted by Crippen LogP contribution is -2.43. The van der Waals surface area contributed by atoms with Gasteiger partial charge in [-0.1, -0.05) is 93.4 Å². The van der Waals surface area contributed by atoms with Gasteiger partial charge in [0.15, 0.2) is 0 Å². The highest BCUT2D eigenvalue weighted by Gasteiger charge is 2.11. The molecule has 40 heavy (non-hydrogen) atoms. The van der Waals surface area contributed by atoms with Gasteiger partial charge in [0.05, 0.1) is 6.17 Å². The molecule has 0 amide bonds. The molecule has 0 bridgehead atoms. The van der Waals surface area contributed by atoms with Crippen molar-refractivity contribution < 1.29 is 0 Å². The van der Waals surface area contributed by atoms with Gasteiger partial charge in [0.2, 0.25) is 0 Å². The maximum absolute atomic E-state index is 3.91. The Morgan fingerprint density at radius 1 is 0.400 bits per heavy atom. The van der Waals surface area contributed by atoms with Gasteiger partial charge in [0, 0.05) is 0 Å². The van der Waals surface area contributed by atoms with E-state index in [9.17, 15) is 0 Å². The molecule has 2 atom stereocenters. The number of rotatable bonds is 32. The molecule has 0 aliphatic carbocycles. The van der Waals surface area contributed by atoms with E-state index in [1.807, 2.05) is 0 Å². The molecule has 2 unspecified atom stereocenters. The quantitative estimate of drug-likeness (QED) is 0.0623. The highest BCUT2D eigenvalue weighted by atomic mass is 16.7. The van der Waals surface area contributed by atoms with Gasteiger partial charge in [0.1, 0.15) is 0 Å².